The van der Waals surface area contributed by atoms with Gasteiger partial charge in [0.2, 0.25) is 0 Å². The fourth-order valence-electron chi connectivity index (χ4n) is 1.37. The molecule has 0 aromatic heterocycles. The molecule has 0 aliphatic rings. The van der Waals surface area contributed by atoms with Gasteiger partial charge in [0.25, 0.3) is 0 Å². The van der Waals surface area contributed by atoms with Crippen LogP contribution in [0.4, 0.5) is 13.2 Å². The van der Waals surface area contributed by atoms with Gasteiger partial charge in [-0.2, -0.15) is 11.8 Å². The van der Waals surface area contributed by atoms with E-state index in [0.29, 0.717) is 5.75 Å². The normalized spacial score (nSPS) is 13.7. The molecule has 0 saturated carbocycles. The molecule has 1 rings (SSSR count). The van der Waals surface area contributed by atoms with Crippen LogP contribution >= 0.6 is 11.8 Å². The summed E-state index contributed by atoms with van der Waals surface area (Å²) in [7, 11) is 0. The Morgan fingerprint density at radius 1 is 1.22 bits per heavy atom. The molecule has 6 heteroatoms. The third-order valence-electron chi connectivity index (χ3n) is 2.32. The van der Waals surface area contributed by atoms with Crippen molar-refractivity contribution in [2.45, 2.75) is 31.6 Å². The largest absolute Gasteiger partial charge is 0.271 e. The van der Waals surface area contributed by atoms with Crippen LogP contribution in [0.25, 0.3) is 0 Å². The first-order chi connectivity index (χ1) is 8.26. The number of hydrazine groups is 1. The smallest absolute Gasteiger partial charge is 0.194 e. The Balaban J connectivity index is 2.92. The van der Waals surface area contributed by atoms with Crippen LogP contribution in [0.5, 0.6) is 0 Å². The minimum atomic E-state index is -1.46. The third-order valence-corrected chi connectivity index (χ3v) is 3.69. The third kappa shape index (κ3) is 3.90. The first-order valence-corrected chi connectivity index (χ1v) is 6.48. The maximum atomic E-state index is 13.6. The van der Waals surface area contributed by atoms with Gasteiger partial charge in [0.15, 0.2) is 17.5 Å². The van der Waals surface area contributed by atoms with E-state index in [-0.39, 0.29) is 10.3 Å². The van der Waals surface area contributed by atoms with Crippen LogP contribution in [0.2, 0.25) is 0 Å². The summed E-state index contributed by atoms with van der Waals surface area (Å²) in [5.41, 5.74) is 2.46. The average molecular weight is 278 g/mol. The topological polar surface area (TPSA) is 38.0 Å². The number of nitrogens with one attached hydrogen (secondary N) is 1. The second kappa shape index (κ2) is 5.95. The van der Waals surface area contributed by atoms with E-state index in [1.165, 1.54) is 6.07 Å². The van der Waals surface area contributed by atoms with Crippen LogP contribution < -0.4 is 11.3 Å². The molecule has 0 heterocycles. The first-order valence-electron chi connectivity index (χ1n) is 5.49. The van der Waals surface area contributed by atoms with Crippen LogP contribution in [0.1, 0.15) is 32.4 Å². The monoisotopic (exact) mass is 278 g/mol. The Kier molecular flexibility index (Phi) is 5.07. The zero-order chi connectivity index (χ0) is 13.9. The number of benzene rings is 1. The fraction of sp³-hybridized carbons (Fsp3) is 0.500. The molecule has 18 heavy (non-hydrogen) atoms. The molecule has 2 nitrogen and oxygen atoms in total. The van der Waals surface area contributed by atoms with E-state index in [9.17, 15) is 13.2 Å². The van der Waals surface area contributed by atoms with Crippen molar-refractivity contribution in [2.24, 2.45) is 5.84 Å². The van der Waals surface area contributed by atoms with Crippen LogP contribution in [0.15, 0.2) is 12.1 Å². The van der Waals surface area contributed by atoms with Gasteiger partial charge in [-0.15, -0.1) is 0 Å². The molecular weight excluding hydrogens is 261 g/mol. The Morgan fingerprint density at radius 2 is 1.83 bits per heavy atom. The Hall–Kier alpha value is -0.720. The highest BCUT2D eigenvalue weighted by molar-refractivity contribution is 8.00. The van der Waals surface area contributed by atoms with E-state index in [0.717, 1.165) is 6.07 Å². The zero-order valence-corrected chi connectivity index (χ0v) is 11.4. The maximum absolute atomic E-state index is 13.6. The van der Waals surface area contributed by atoms with Crippen molar-refractivity contribution in [3.63, 3.8) is 0 Å². The second-order valence-corrected chi connectivity index (χ2v) is 6.75. The molecule has 102 valence electrons. The number of nitrogens with two attached hydrogens (primary N) is 1. The van der Waals surface area contributed by atoms with E-state index in [1.807, 2.05) is 20.8 Å². The highest BCUT2D eigenvalue weighted by atomic mass is 32.2. The van der Waals surface area contributed by atoms with Gasteiger partial charge in [-0.25, -0.2) is 13.2 Å². The summed E-state index contributed by atoms with van der Waals surface area (Å²) in [6.45, 7) is 6.02. The van der Waals surface area contributed by atoms with Gasteiger partial charge < -0.3 is 0 Å². The van der Waals surface area contributed by atoms with Crippen LogP contribution in [-0.2, 0) is 0 Å². The number of thioether (sulfide) groups is 1. The number of hydrogen-bond acceptors (Lipinski definition) is 3. The molecular formula is C12H17F3N2S. The zero-order valence-electron chi connectivity index (χ0n) is 10.6. The van der Waals surface area contributed by atoms with Crippen molar-refractivity contribution in [2.75, 3.05) is 5.75 Å². The van der Waals surface area contributed by atoms with Crippen molar-refractivity contribution in [1.82, 2.24) is 5.43 Å². The van der Waals surface area contributed by atoms with Gasteiger partial charge in [0.05, 0.1) is 6.04 Å². The molecule has 0 aliphatic heterocycles. The maximum Gasteiger partial charge on any atom is 0.194 e. The van der Waals surface area contributed by atoms with E-state index in [1.54, 1.807) is 11.8 Å². The highest BCUT2D eigenvalue weighted by Gasteiger charge is 2.22. The summed E-state index contributed by atoms with van der Waals surface area (Å²) in [5.74, 6) is 1.95. The quantitative estimate of drug-likeness (QED) is 0.505. The second-order valence-electron chi connectivity index (χ2n) is 4.91. The average Bonchev–Trinajstić information content (AvgIpc) is 2.28. The molecule has 0 amide bonds. The van der Waals surface area contributed by atoms with E-state index >= 15 is 0 Å². The standard InChI is InChI=1S/C12H17F3N2S/c1-12(2,3)18-6-9(17-16)7-4-5-8(13)11(15)10(7)14/h4-5,9,17H,6,16H2,1-3H3. The number of hydrogen-bond donors (Lipinski definition) is 2. The summed E-state index contributed by atoms with van der Waals surface area (Å²) in [6, 6.07) is 1.55. The van der Waals surface area contributed by atoms with E-state index < -0.39 is 23.5 Å². The SMILES string of the molecule is CC(C)(C)SCC(NN)c1ccc(F)c(F)c1F. The Labute approximate surface area is 109 Å². The fourth-order valence-corrected chi connectivity index (χ4v) is 2.31. The van der Waals surface area contributed by atoms with Crippen LogP contribution in [0, 0.1) is 17.5 Å². The van der Waals surface area contributed by atoms with Crippen molar-refractivity contribution in [1.29, 1.82) is 0 Å². The predicted molar refractivity (Wildman–Crippen MR) is 68.6 cm³/mol. The summed E-state index contributed by atoms with van der Waals surface area (Å²) in [6.07, 6.45) is 0. The lowest BCUT2D eigenvalue weighted by atomic mass is 10.1. The molecule has 1 aromatic rings. The molecule has 3 N–H and O–H groups in total. The Morgan fingerprint density at radius 3 is 2.33 bits per heavy atom. The minimum Gasteiger partial charge on any atom is -0.271 e. The molecule has 0 radical (unpaired) electrons. The van der Waals surface area contributed by atoms with Crippen LogP contribution in [-0.4, -0.2) is 10.5 Å². The van der Waals surface area contributed by atoms with Gasteiger partial charge in [0.1, 0.15) is 0 Å². The van der Waals surface area contributed by atoms with Gasteiger partial charge in [-0.3, -0.25) is 11.3 Å². The van der Waals surface area contributed by atoms with Gasteiger partial charge >= 0.3 is 0 Å². The van der Waals surface area contributed by atoms with Crippen molar-refractivity contribution in [3.05, 3.63) is 35.1 Å². The van der Waals surface area contributed by atoms with Crippen molar-refractivity contribution in [3.8, 4) is 0 Å². The summed E-state index contributed by atoms with van der Waals surface area (Å²) in [5, 5.41) is 0. The molecule has 0 fully saturated rings. The summed E-state index contributed by atoms with van der Waals surface area (Å²) in [4.78, 5) is 0. The van der Waals surface area contributed by atoms with Gasteiger partial charge in [-0.1, -0.05) is 26.8 Å². The predicted octanol–water partition coefficient (Wildman–Crippen LogP) is 3.14. The van der Waals surface area contributed by atoms with Crippen molar-refractivity contribution >= 4 is 11.8 Å². The lowest BCUT2D eigenvalue weighted by Gasteiger charge is -2.23. The highest BCUT2D eigenvalue weighted by Crippen LogP contribution is 2.29. The summed E-state index contributed by atoms with van der Waals surface area (Å²) < 4.78 is 39.5. The molecule has 0 spiro atoms. The summed E-state index contributed by atoms with van der Waals surface area (Å²) >= 11 is 1.55. The van der Waals surface area contributed by atoms with Gasteiger partial charge in [0, 0.05) is 16.1 Å². The molecule has 0 saturated heterocycles. The molecule has 0 bridgehead atoms. The Bertz CT molecular complexity index is 419. The molecule has 0 aliphatic carbocycles. The van der Waals surface area contributed by atoms with Crippen LogP contribution in [0.3, 0.4) is 0 Å². The molecule has 1 aromatic carbocycles. The number of halogens is 3. The minimum absolute atomic E-state index is 0.0237. The number of rotatable bonds is 4. The lowest BCUT2D eigenvalue weighted by Crippen LogP contribution is -2.31. The van der Waals surface area contributed by atoms with E-state index in [4.69, 9.17) is 5.84 Å². The first kappa shape index (κ1) is 15.3. The van der Waals surface area contributed by atoms with Crippen molar-refractivity contribution < 1.29 is 13.2 Å². The lowest BCUT2D eigenvalue weighted by molar-refractivity contribution is 0.431. The van der Waals surface area contributed by atoms with Gasteiger partial charge in [-0.05, 0) is 6.07 Å². The molecule has 1 unspecified atom stereocenters. The molecule has 1 atom stereocenters. The van der Waals surface area contributed by atoms with E-state index in [2.05, 4.69) is 5.43 Å².